The Balaban J connectivity index is 2.99. The van der Waals surface area contributed by atoms with E-state index in [1.165, 1.54) is 6.26 Å². The minimum atomic E-state index is -0.673. The van der Waals surface area contributed by atoms with Crippen LogP contribution < -0.4 is 11.1 Å². The summed E-state index contributed by atoms with van der Waals surface area (Å²) in [4.78, 5) is 11.5. The third-order valence-corrected chi connectivity index (χ3v) is 1.76. The number of carbonyl (C=O) groups is 1. The Hall–Kier alpha value is -1.36. The highest BCUT2D eigenvalue weighted by molar-refractivity contribution is 5.95. The average molecular weight is 197 g/mol. The van der Waals surface area contributed by atoms with Gasteiger partial charge in [-0.25, -0.2) is 0 Å². The first-order valence-electron chi connectivity index (χ1n) is 4.48. The molecule has 0 saturated heterocycles. The predicted octanol–water partition coefficient (Wildman–Crippen LogP) is 0.618. The molecule has 0 bridgehead atoms. The topological polar surface area (TPSA) is 81.2 Å². The molecule has 1 aromatic heterocycles. The van der Waals surface area contributed by atoms with Crippen molar-refractivity contribution in [2.24, 2.45) is 5.73 Å². The molecule has 0 aliphatic rings. The molecule has 14 heavy (non-hydrogen) atoms. The van der Waals surface area contributed by atoms with E-state index in [2.05, 4.69) is 10.5 Å². The van der Waals surface area contributed by atoms with Crippen LogP contribution in [0.15, 0.2) is 10.8 Å². The van der Waals surface area contributed by atoms with Crippen LogP contribution in [-0.2, 0) is 5.54 Å². The fourth-order valence-corrected chi connectivity index (χ4v) is 1.12. The lowest BCUT2D eigenvalue weighted by molar-refractivity contribution is 0.0953. The van der Waals surface area contributed by atoms with Gasteiger partial charge in [-0.3, -0.25) is 4.79 Å². The van der Waals surface area contributed by atoms with Crippen LogP contribution in [0, 0.1) is 0 Å². The molecule has 0 fully saturated rings. The standard InChI is InChI=1S/C9H15N3O2/c1-4-11-8(13)6-5-14-12-7(6)9(2,3)10/h5H,4,10H2,1-3H3,(H,11,13). The summed E-state index contributed by atoms with van der Waals surface area (Å²) in [5.74, 6) is -0.206. The molecule has 0 saturated carbocycles. The average Bonchev–Trinajstić information content (AvgIpc) is 2.50. The van der Waals surface area contributed by atoms with Crippen LogP contribution in [0.1, 0.15) is 36.8 Å². The molecule has 0 unspecified atom stereocenters. The Morgan fingerprint density at radius 3 is 2.86 bits per heavy atom. The van der Waals surface area contributed by atoms with E-state index in [9.17, 15) is 4.79 Å². The van der Waals surface area contributed by atoms with Crippen LogP contribution in [0.4, 0.5) is 0 Å². The first-order chi connectivity index (χ1) is 6.46. The van der Waals surface area contributed by atoms with Crippen LogP contribution in [0.3, 0.4) is 0 Å². The number of rotatable bonds is 3. The third-order valence-electron chi connectivity index (χ3n) is 1.76. The molecule has 0 spiro atoms. The van der Waals surface area contributed by atoms with Gasteiger partial charge in [-0.15, -0.1) is 0 Å². The maximum atomic E-state index is 11.5. The number of nitrogens with two attached hydrogens (primary N) is 1. The van der Waals surface area contributed by atoms with Crippen molar-refractivity contribution in [2.75, 3.05) is 6.54 Å². The van der Waals surface area contributed by atoms with E-state index in [1.807, 2.05) is 6.92 Å². The highest BCUT2D eigenvalue weighted by atomic mass is 16.5. The Morgan fingerprint density at radius 1 is 1.71 bits per heavy atom. The molecule has 1 rings (SSSR count). The normalized spacial score (nSPS) is 11.4. The summed E-state index contributed by atoms with van der Waals surface area (Å²) in [6.07, 6.45) is 1.31. The summed E-state index contributed by atoms with van der Waals surface area (Å²) in [6.45, 7) is 5.95. The number of carbonyl (C=O) groups excluding carboxylic acids is 1. The van der Waals surface area contributed by atoms with Crippen molar-refractivity contribution in [3.8, 4) is 0 Å². The van der Waals surface area contributed by atoms with E-state index in [0.29, 0.717) is 17.8 Å². The molecule has 1 heterocycles. The zero-order valence-electron chi connectivity index (χ0n) is 8.63. The lowest BCUT2D eigenvalue weighted by atomic mass is 9.98. The highest BCUT2D eigenvalue weighted by Crippen LogP contribution is 2.19. The summed E-state index contributed by atoms with van der Waals surface area (Å²) in [5.41, 5.74) is 6.04. The van der Waals surface area contributed by atoms with Gasteiger partial charge >= 0.3 is 0 Å². The highest BCUT2D eigenvalue weighted by Gasteiger charge is 2.26. The summed E-state index contributed by atoms with van der Waals surface area (Å²) in [5, 5.41) is 6.40. The van der Waals surface area contributed by atoms with Gasteiger partial charge < -0.3 is 15.6 Å². The number of aromatic nitrogens is 1. The van der Waals surface area contributed by atoms with Crippen molar-refractivity contribution in [2.45, 2.75) is 26.3 Å². The Morgan fingerprint density at radius 2 is 2.36 bits per heavy atom. The minimum absolute atomic E-state index is 0.206. The van der Waals surface area contributed by atoms with Crippen molar-refractivity contribution in [3.63, 3.8) is 0 Å². The molecule has 0 atom stereocenters. The maximum absolute atomic E-state index is 11.5. The zero-order chi connectivity index (χ0) is 10.8. The molecule has 0 aliphatic heterocycles. The van der Waals surface area contributed by atoms with Gasteiger partial charge in [0.2, 0.25) is 0 Å². The molecule has 1 amide bonds. The summed E-state index contributed by atoms with van der Waals surface area (Å²) < 4.78 is 4.75. The molecule has 5 nitrogen and oxygen atoms in total. The summed E-state index contributed by atoms with van der Waals surface area (Å²) in [7, 11) is 0. The van der Waals surface area contributed by atoms with Crippen molar-refractivity contribution < 1.29 is 9.32 Å². The second kappa shape index (κ2) is 3.79. The van der Waals surface area contributed by atoms with Gasteiger partial charge in [0.25, 0.3) is 5.91 Å². The van der Waals surface area contributed by atoms with Gasteiger partial charge in [-0.1, -0.05) is 5.16 Å². The fraction of sp³-hybridized carbons (Fsp3) is 0.556. The maximum Gasteiger partial charge on any atom is 0.256 e. The van der Waals surface area contributed by atoms with E-state index < -0.39 is 5.54 Å². The zero-order valence-corrected chi connectivity index (χ0v) is 8.63. The number of nitrogens with one attached hydrogen (secondary N) is 1. The molecule has 0 aliphatic carbocycles. The molecule has 1 aromatic rings. The second-order valence-corrected chi connectivity index (χ2v) is 3.66. The lowest BCUT2D eigenvalue weighted by Crippen LogP contribution is -2.33. The quantitative estimate of drug-likeness (QED) is 0.744. The molecule has 3 N–H and O–H groups in total. The molecule has 78 valence electrons. The Bertz CT molecular complexity index is 325. The number of hydrogen-bond acceptors (Lipinski definition) is 4. The molecule has 0 radical (unpaired) electrons. The van der Waals surface area contributed by atoms with Crippen LogP contribution >= 0.6 is 0 Å². The third kappa shape index (κ3) is 2.11. The molecular formula is C9H15N3O2. The monoisotopic (exact) mass is 197 g/mol. The molecule has 5 heteroatoms. The van der Waals surface area contributed by atoms with Crippen LogP contribution in [-0.4, -0.2) is 17.6 Å². The van der Waals surface area contributed by atoms with Gasteiger partial charge in [-0.05, 0) is 20.8 Å². The summed E-state index contributed by atoms with van der Waals surface area (Å²) >= 11 is 0. The van der Waals surface area contributed by atoms with Crippen molar-refractivity contribution >= 4 is 5.91 Å². The van der Waals surface area contributed by atoms with Gasteiger partial charge in [0, 0.05) is 6.54 Å². The molecular weight excluding hydrogens is 182 g/mol. The van der Waals surface area contributed by atoms with Gasteiger partial charge in [-0.2, -0.15) is 0 Å². The second-order valence-electron chi connectivity index (χ2n) is 3.66. The van der Waals surface area contributed by atoms with E-state index in [1.54, 1.807) is 13.8 Å². The van der Waals surface area contributed by atoms with Gasteiger partial charge in [0.05, 0.1) is 5.54 Å². The van der Waals surface area contributed by atoms with Crippen LogP contribution in [0.2, 0.25) is 0 Å². The van der Waals surface area contributed by atoms with Gasteiger partial charge in [0.1, 0.15) is 17.5 Å². The van der Waals surface area contributed by atoms with E-state index in [0.717, 1.165) is 0 Å². The summed E-state index contributed by atoms with van der Waals surface area (Å²) in [6, 6.07) is 0. The SMILES string of the molecule is CCNC(=O)c1conc1C(C)(C)N. The lowest BCUT2D eigenvalue weighted by Gasteiger charge is -2.15. The minimum Gasteiger partial charge on any atom is -0.364 e. The van der Waals surface area contributed by atoms with Crippen molar-refractivity contribution in [3.05, 3.63) is 17.5 Å². The fourth-order valence-electron chi connectivity index (χ4n) is 1.12. The van der Waals surface area contributed by atoms with Crippen molar-refractivity contribution in [1.82, 2.24) is 10.5 Å². The van der Waals surface area contributed by atoms with E-state index in [4.69, 9.17) is 10.3 Å². The van der Waals surface area contributed by atoms with Gasteiger partial charge in [0.15, 0.2) is 0 Å². The first-order valence-corrected chi connectivity index (χ1v) is 4.48. The predicted molar refractivity (Wildman–Crippen MR) is 51.7 cm³/mol. The smallest absolute Gasteiger partial charge is 0.256 e. The van der Waals surface area contributed by atoms with E-state index in [-0.39, 0.29) is 5.91 Å². The number of nitrogens with zero attached hydrogens (tertiary/aromatic N) is 1. The number of hydrogen-bond donors (Lipinski definition) is 2. The number of amides is 1. The van der Waals surface area contributed by atoms with Crippen LogP contribution in [0.5, 0.6) is 0 Å². The first kappa shape index (κ1) is 10.7. The van der Waals surface area contributed by atoms with E-state index >= 15 is 0 Å². The Labute approximate surface area is 82.6 Å². The van der Waals surface area contributed by atoms with Crippen LogP contribution in [0.25, 0.3) is 0 Å². The largest absolute Gasteiger partial charge is 0.364 e. The molecule has 0 aromatic carbocycles. The van der Waals surface area contributed by atoms with Crippen molar-refractivity contribution in [1.29, 1.82) is 0 Å². The Kier molecular flexibility index (Phi) is 2.90.